The molecule has 2 rings (SSSR count). The number of aryl methyl sites for hydroxylation is 1. The molecule has 2 aromatic carbocycles. The van der Waals surface area contributed by atoms with Crippen LogP contribution in [-0.2, 0) is 14.8 Å². The second-order valence-electron chi connectivity index (χ2n) is 9.47. The van der Waals surface area contributed by atoms with Crippen LogP contribution in [-0.4, -0.2) is 26.4 Å². The van der Waals surface area contributed by atoms with Crippen LogP contribution >= 0.6 is 11.6 Å². The highest BCUT2D eigenvalue weighted by atomic mass is 35.5. The van der Waals surface area contributed by atoms with Crippen LogP contribution in [0.15, 0.2) is 53.4 Å². The molecule has 0 fully saturated rings. The van der Waals surface area contributed by atoms with Crippen molar-refractivity contribution in [2.24, 2.45) is 5.41 Å². The van der Waals surface area contributed by atoms with Gasteiger partial charge in [0.15, 0.2) is 0 Å². The minimum absolute atomic E-state index is 0.0163. The van der Waals surface area contributed by atoms with E-state index in [1.54, 1.807) is 18.2 Å². The number of sulfonamides is 1. The van der Waals surface area contributed by atoms with E-state index in [-0.39, 0.29) is 22.8 Å². The molecule has 164 valence electrons. The number of rotatable bonds is 7. The first-order chi connectivity index (χ1) is 13.7. The lowest BCUT2D eigenvalue weighted by atomic mass is 9.82. The van der Waals surface area contributed by atoms with Crippen LogP contribution in [0, 0.1) is 12.3 Å². The van der Waals surface area contributed by atoms with Gasteiger partial charge in [-0.3, -0.25) is 9.10 Å². The molecule has 2 aromatic rings. The number of anilines is 1. The summed E-state index contributed by atoms with van der Waals surface area (Å²) in [5.41, 5.74) is 0.881. The first-order valence-electron chi connectivity index (χ1n) is 9.86. The number of hydrogen-bond donors (Lipinski definition) is 1. The molecule has 0 aromatic heterocycles. The van der Waals surface area contributed by atoms with E-state index in [2.05, 4.69) is 26.1 Å². The summed E-state index contributed by atoms with van der Waals surface area (Å²) in [4.78, 5) is 13.0. The molecule has 0 radical (unpaired) electrons. The van der Waals surface area contributed by atoms with Gasteiger partial charge in [-0.2, -0.15) is 0 Å². The maximum Gasteiger partial charge on any atom is 0.264 e. The topological polar surface area (TPSA) is 66.5 Å². The number of halogens is 1. The number of carbonyl (C=O) groups excluding carboxylic acids is 1. The van der Waals surface area contributed by atoms with Gasteiger partial charge < -0.3 is 5.32 Å². The summed E-state index contributed by atoms with van der Waals surface area (Å²) in [6.07, 6.45) is 0.750. The third-order valence-electron chi connectivity index (χ3n) is 4.43. The molecular weight excluding hydrogens is 420 g/mol. The van der Waals surface area contributed by atoms with Crippen LogP contribution in [0.3, 0.4) is 0 Å². The lowest BCUT2D eigenvalue weighted by Gasteiger charge is -2.34. The van der Waals surface area contributed by atoms with Gasteiger partial charge in [0.2, 0.25) is 5.91 Å². The number of benzene rings is 2. The Hall–Kier alpha value is -2.05. The molecule has 0 saturated heterocycles. The zero-order chi connectivity index (χ0) is 22.7. The van der Waals surface area contributed by atoms with Crippen LogP contribution in [0.2, 0.25) is 5.02 Å². The number of carbonyl (C=O) groups is 1. The molecule has 30 heavy (non-hydrogen) atoms. The number of nitrogens with zero attached hydrogens (tertiary/aromatic N) is 1. The SMILES string of the molecule is Cc1cccc(N(CC(=O)NC(C)(C)CC(C)(C)C)S(=O)(=O)c2ccc(Cl)cc2)c1. The van der Waals surface area contributed by atoms with E-state index in [0.717, 1.165) is 16.3 Å². The zero-order valence-corrected chi connectivity index (χ0v) is 20.1. The normalized spacial score (nSPS) is 12.5. The van der Waals surface area contributed by atoms with E-state index in [4.69, 9.17) is 11.6 Å². The van der Waals surface area contributed by atoms with Crippen molar-refractivity contribution >= 4 is 33.2 Å². The molecule has 5 nitrogen and oxygen atoms in total. The third-order valence-corrected chi connectivity index (χ3v) is 6.47. The van der Waals surface area contributed by atoms with Gasteiger partial charge in [-0.1, -0.05) is 44.5 Å². The summed E-state index contributed by atoms with van der Waals surface area (Å²) in [6, 6.07) is 13.0. The molecule has 0 spiro atoms. The lowest BCUT2D eigenvalue weighted by molar-refractivity contribution is -0.121. The van der Waals surface area contributed by atoms with Gasteiger partial charge in [-0.05, 0) is 74.6 Å². The minimum Gasteiger partial charge on any atom is -0.350 e. The third kappa shape index (κ3) is 6.74. The van der Waals surface area contributed by atoms with Gasteiger partial charge in [0.25, 0.3) is 10.0 Å². The Kier molecular flexibility index (Phi) is 7.25. The molecule has 1 N–H and O–H groups in total. The molecule has 0 heterocycles. The van der Waals surface area contributed by atoms with Gasteiger partial charge in [-0.15, -0.1) is 0 Å². The van der Waals surface area contributed by atoms with Crippen molar-refractivity contribution in [3.8, 4) is 0 Å². The van der Waals surface area contributed by atoms with Crippen molar-refractivity contribution < 1.29 is 13.2 Å². The molecule has 7 heteroatoms. The van der Waals surface area contributed by atoms with Crippen molar-refractivity contribution in [1.29, 1.82) is 0 Å². The van der Waals surface area contributed by atoms with Crippen molar-refractivity contribution in [2.45, 2.75) is 58.4 Å². The Bertz CT molecular complexity index is 994. The quantitative estimate of drug-likeness (QED) is 0.632. The number of amides is 1. The van der Waals surface area contributed by atoms with Crippen LogP contribution in [0.5, 0.6) is 0 Å². The first-order valence-corrected chi connectivity index (χ1v) is 11.7. The Labute approximate surface area is 185 Å². The Morgan fingerprint density at radius 1 is 1.03 bits per heavy atom. The molecule has 0 bridgehead atoms. The fourth-order valence-electron chi connectivity index (χ4n) is 3.75. The maximum atomic E-state index is 13.4. The molecule has 0 aliphatic rings. The second-order valence-corrected chi connectivity index (χ2v) is 11.8. The maximum absolute atomic E-state index is 13.4. The molecule has 0 unspecified atom stereocenters. The molecule has 0 saturated carbocycles. The van der Waals surface area contributed by atoms with Gasteiger partial charge in [-0.25, -0.2) is 8.42 Å². The Balaban J connectivity index is 2.38. The van der Waals surface area contributed by atoms with Crippen LogP contribution in [0.4, 0.5) is 5.69 Å². The van der Waals surface area contributed by atoms with E-state index in [9.17, 15) is 13.2 Å². The van der Waals surface area contributed by atoms with E-state index >= 15 is 0 Å². The van der Waals surface area contributed by atoms with Crippen molar-refractivity contribution in [3.05, 3.63) is 59.1 Å². The smallest absolute Gasteiger partial charge is 0.264 e. The molecule has 0 aliphatic heterocycles. The zero-order valence-electron chi connectivity index (χ0n) is 18.5. The van der Waals surface area contributed by atoms with E-state index in [1.807, 2.05) is 26.8 Å². The molecule has 1 amide bonds. The van der Waals surface area contributed by atoms with E-state index in [0.29, 0.717) is 10.7 Å². The predicted octanol–water partition coefficient (Wildman–Crippen LogP) is 5.17. The van der Waals surface area contributed by atoms with Crippen LogP contribution in [0.1, 0.15) is 46.6 Å². The monoisotopic (exact) mass is 450 g/mol. The largest absolute Gasteiger partial charge is 0.350 e. The fourth-order valence-corrected chi connectivity index (χ4v) is 5.29. The average molecular weight is 451 g/mol. The number of nitrogens with one attached hydrogen (secondary N) is 1. The van der Waals surface area contributed by atoms with Crippen LogP contribution < -0.4 is 9.62 Å². The highest BCUT2D eigenvalue weighted by molar-refractivity contribution is 7.92. The first kappa shape index (κ1) is 24.2. The highest BCUT2D eigenvalue weighted by Crippen LogP contribution is 2.28. The molecular formula is C23H31ClN2O3S. The van der Waals surface area contributed by atoms with E-state index < -0.39 is 15.6 Å². The summed E-state index contributed by atoms with van der Waals surface area (Å²) < 4.78 is 27.9. The summed E-state index contributed by atoms with van der Waals surface area (Å²) in [6.45, 7) is 11.8. The summed E-state index contributed by atoms with van der Waals surface area (Å²) in [5.74, 6) is -0.358. The van der Waals surface area contributed by atoms with Gasteiger partial charge in [0.1, 0.15) is 6.54 Å². The summed E-state index contributed by atoms with van der Waals surface area (Å²) >= 11 is 5.92. The predicted molar refractivity (Wildman–Crippen MR) is 123 cm³/mol. The molecule has 0 atom stereocenters. The van der Waals surface area contributed by atoms with Crippen molar-refractivity contribution in [3.63, 3.8) is 0 Å². The van der Waals surface area contributed by atoms with Crippen molar-refractivity contribution in [1.82, 2.24) is 5.32 Å². The second kappa shape index (κ2) is 8.98. The Morgan fingerprint density at radius 3 is 2.17 bits per heavy atom. The average Bonchev–Trinajstić information content (AvgIpc) is 2.57. The summed E-state index contributed by atoms with van der Waals surface area (Å²) in [5, 5.41) is 3.44. The van der Waals surface area contributed by atoms with Gasteiger partial charge in [0, 0.05) is 10.6 Å². The van der Waals surface area contributed by atoms with E-state index in [1.165, 1.54) is 24.3 Å². The molecule has 0 aliphatic carbocycles. The summed E-state index contributed by atoms with van der Waals surface area (Å²) in [7, 11) is -3.96. The Morgan fingerprint density at radius 2 is 1.63 bits per heavy atom. The van der Waals surface area contributed by atoms with Crippen LogP contribution in [0.25, 0.3) is 0 Å². The standard InChI is InChI=1S/C23H31ClN2O3S/c1-17-8-7-9-19(14-17)26(30(28,29)20-12-10-18(24)11-13-20)15-21(27)25-23(5,6)16-22(2,3)4/h7-14H,15-16H2,1-6H3,(H,25,27). The van der Waals surface area contributed by atoms with Gasteiger partial charge in [0.05, 0.1) is 10.6 Å². The van der Waals surface area contributed by atoms with Crippen molar-refractivity contribution in [2.75, 3.05) is 10.8 Å². The fraction of sp³-hybridized carbons (Fsp3) is 0.435. The van der Waals surface area contributed by atoms with Gasteiger partial charge >= 0.3 is 0 Å². The highest BCUT2D eigenvalue weighted by Gasteiger charge is 2.31. The lowest BCUT2D eigenvalue weighted by Crippen LogP contribution is -2.50. The minimum atomic E-state index is -3.96. The number of hydrogen-bond acceptors (Lipinski definition) is 3.